The summed E-state index contributed by atoms with van der Waals surface area (Å²) in [4.78, 5) is 13.6. The number of nitrogens with zero attached hydrogens (tertiary/aromatic N) is 3. The molecule has 5 nitrogen and oxygen atoms in total. The van der Waals surface area contributed by atoms with Gasteiger partial charge < -0.3 is 5.11 Å². The second-order valence-electron chi connectivity index (χ2n) is 12.0. The van der Waals surface area contributed by atoms with Gasteiger partial charge in [0.05, 0.1) is 11.1 Å². The standard InChI is InChI=1S/C28H40FN3O2/c1-4-27(2,34)14-12-18-6-5-7-21-20(18)13-15-28(3)22(21)9-10-23(28)26(33)17-32-25-16-19(29)8-11-24(25)30-31-32/h8,11,16,18,20-23,34H,4-7,9-10,12-15,17H2,1-3H3. The summed E-state index contributed by atoms with van der Waals surface area (Å²) in [5.41, 5.74) is 0.724. The Balaban J connectivity index is 1.29. The van der Waals surface area contributed by atoms with E-state index in [9.17, 15) is 14.3 Å². The van der Waals surface area contributed by atoms with Crippen molar-refractivity contribution in [2.45, 2.75) is 97.1 Å². The molecule has 0 saturated heterocycles. The monoisotopic (exact) mass is 469 g/mol. The van der Waals surface area contributed by atoms with Gasteiger partial charge in [-0.1, -0.05) is 31.9 Å². The maximum absolute atomic E-state index is 13.8. The molecule has 5 rings (SSSR count). The lowest BCUT2D eigenvalue weighted by Crippen LogP contribution is -2.47. The summed E-state index contributed by atoms with van der Waals surface area (Å²) < 4.78 is 15.4. The van der Waals surface area contributed by atoms with E-state index in [1.807, 2.05) is 6.92 Å². The number of ketones is 1. The van der Waals surface area contributed by atoms with E-state index in [-0.39, 0.29) is 29.5 Å². The molecule has 186 valence electrons. The van der Waals surface area contributed by atoms with Gasteiger partial charge in [0.1, 0.15) is 17.9 Å². The summed E-state index contributed by atoms with van der Waals surface area (Å²) in [5.74, 6) is 2.73. The Hall–Kier alpha value is -1.82. The van der Waals surface area contributed by atoms with E-state index >= 15 is 0 Å². The molecule has 0 radical (unpaired) electrons. The van der Waals surface area contributed by atoms with Crippen LogP contribution in [-0.2, 0) is 11.3 Å². The maximum Gasteiger partial charge on any atom is 0.157 e. The van der Waals surface area contributed by atoms with Gasteiger partial charge in [0.25, 0.3) is 0 Å². The summed E-state index contributed by atoms with van der Waals surface area (Å²) in [5, 5.41) is 18.8. The maximum atomic E-state index is 13.8. The van der Waals surface area contributed by atoms with Crippen LogP contribution in [0.5, 0.6) is 0 Å². The normalized spacial score (nSPS) is 35.0. The third kappa shape index (κ3) is 4.20. The van der Waals surface area contributed by atoms with Gasteiger partial charge in [-0.2, -0.15) is 0 Å². The lowest BCUT2D eigenvalue weighted by atomic mass is 9.52. The third-order valence-corrected chi connectivity index (χ3v) is 10.2. The van der Waals surface area contributed by atoms with E-state index in [0.29, 0.717) is 28.8 Å². The number of Topliss-reactive ketones (excluding diaryl/α,β-unsaturated/α-hetero) is 1. The van der Waals surface area contributed by atoms with Crippen molar-refractivity contribution in [2.75, 3.05) is 0 Å². The molecule has 7 unspecified atom stereocenters. The van der Waals surface area contributed by atoms with Crippen LogP contribution in [0.2, 0.25) is 0 Å². The molecule has 7 atom stereocenters. The van der Waals surface area contributed by atoms with Crippen LogP contribution in [0.15, 0.2) is 18.2 Å². The van der Waals surface area contributed by atoms with Crippen LogP contribution in [0.3, 0.4) is 0 Å². The number of hydrogen-bond acceptors (Lipinski definition) is 4. The van der Waals surface area contributed by atoms with Crippen molar-refractivity contribution in [3.63, 3.8) is 0 Å². The zero-order chi connectivity index (χ0) is 24.1. The van der Waals surface area contributed by atoms with Crippen LogP contribution in [0, 0.1) is 40.8 Å². The topological polar surface area (TPSA) is 68.0 Å². The molecule has 1 aromatic heterocycles. The lowest BCUT2D eigenvalue weighted by molar-refractivity contribution is -0.130. The van der Waals surface area contributed by atoms with Gasteiger partial charge in [-0.15, -0.1) is 5.10 Å². The molecule has 2 aromatic rings. The van der Waals surface area contributed by atoms with E-state index in [0.717, 1.165) is 44.4 Å². The minimum atomic E-state index is -0.546. The first-order valence-corrected chi connectivity index (χ1v) is 13.5. The highest BCUT2D eigenvalue weighted by molar-refractivity contribution is 5.84. The molecular weight excluding hydrogens is 429 g/mol. The van der Waals surface area contributed by atoms with Gasteiger partial charge in [-0.25, -0.2) is 9.07 Å². The first-order valence-electron chi connectivity index (χ1n) is 13.5. The van der Waals surface area contributed by atoms with Crippen LogP contribution in [0.4, 0.5) is 4.39 Å². The van der Waals surface area contributed by atoms with Gasteiger partial charge in [0.2, 0.25) is 0 Å². The molecule has 3 aliphatic rings. The van der Waals surface area contributed by atoms with Crippen molar-refractivity contribution in [3.8, 4) is 0 Å². The molecule has 6 heteroatoms. The molecule has 1 heterocycles. The third-order valence-electron chi connectivity index (χ3n) is 10.2. The molecule has 0 amide bonds. The van der Waals surface area contributed by atoms with Crippen LogP contribution < -0.4 is 0 Å². The molecule has 1 aromatic carbocycles. The van der Waals surface area contributed by atoms with Crippen molar-refractivity contribution >= 4 is 16.8 Å². The highest BCUT2D eigenvalue weighted by atomic mass is 19.1. The number of hydrogen-bond donors (Lipinski definition) is 1. The average Bonchev–Trinajstić information content (AvgIpc) is 3.38. The van der Waals surface area contributed by atoms with E-state index in [2.05, 4.69) is 24.2 Å². The van der Waals surface area contributed by atoms with Crippen molar-refractivity contribution in [3.05, 3.63) is 24.0 Å². The number of aromatic nitrogens is 3. The SMILES string of the molecule is CCC(C)(O)CCC1CCCC2C1CCC1(C)C(C(=O)Cn3nnc4ccc(F)cc43)CCC21. The van der Waals surface area contributed by atoms with Crippen LogP contribution in [0.1, 0.15) is 85.0 Å². The largest absolute Gasteiger partial charge is 0.390 e. The average molecular weight is 470 g/mol. The van der Waals surface area contributed by atoms with E-state index in [1.54, 1.807) is 10.7 Å². The number of benzene rings is 1. The van der Waals surface area contributed by atoms with E-state index in [4.69, 9.17) is 0 Å². The Kier molecular flexibility index (Phi) is 6.33. The first-order chi connectivity index (χ1) is 16.2. The minimum Gasteiger partial charge on any atom is -0.390 e. The fourth-order valence-corrected chi connectivity index (χ4v) is 8.02. The fourth-order valence-electron chi connectivity index (χ4n) is 8.02. The molecule has 34 heavy (non-hydrogen) atoms. The number of aliphatic hydroxyl groups is 1. The van der Waals surface area contributed by atoms with Gasteiger partial charge in [0, 0.05) is 12.0 Å². The number of carbonyl (C=O) groups is 1. The molecule has 3 aliphatic carbocycles. The second kappa shape index (κ2) is 9.00. The smallest absolute Gasteiger partial charge is 0.157 e. The molecule has 0 bridgehead atoms. The van der Waals surface area contributed by atoms with Crippen LogP contribution in [0.25, 0.3) is 11.0 Å². The van der Waals surface area contributed by atoms with Gasteiger partial charge >= 0.3 is 0 Å². The highest BCUT2D eigenvalue weighted by Gasteiger charge is 2.57. The summed E-state index contributed by atoms with van der Waals surface area (Å²) >= 11 is 0. The fraction of sp³-hybridized carbons (Fsp3) is 0.750. The zero-order valence-corrected chi connectivity index (χ0v) is 21.0. The zero-order valence-electron chi connectivity index (χ0n) is 21.0. The Labute approximate surface area is 202 Å². The quantitative estimate of drug-likeness (QED) is 0.545. The van der Waals surface area contributed by atoms with Crippen molar-refractivity contribution in [1.29, 1.82) is 0 Å². The summed E-state index contributed by atoms with van der Waals surface area (Å²) in [6, 6.07) is 4.42. The summed E-state index contributed by atoms with van der Waals surface area (Å²) in [6.07, 6.45) is 11.1. The first kappa shape index (κ1) is 23.9. The predicted molar refractivity (Wildman–Crippen MR) is 131 cm³/mol. The Morgan fingerprint density at radius 3 is 2.85 bits per heavy atom. The van der Waals surface area contributed by atoms with Gasteiger partial charge in [0.15, 0.2) is 5.78 Å². The number of halogens is 1. The summed E-state index contributed by atoms with van der Waals surface area (Å²) in [6.45, 7) is 6.60. The van der Waals surface area contributed by atoms with Gasteiger partial charge in [-0.3, -0.25) is 4.79 Å². The molecular formula is C28H40FN3O2. The molecule has 3 saturated carbocycles. The minimum absolute atomic E-state index is 0.0486. The Morgan fingerprint density at radius 2 is 2.06 bits per heavy atom. The van der Waals surface area contributed by atoms with Crippen molar-refractivity contribution < 1.29 is 14.3 Å². The lowest BCUT2D eigenvalue weighted by Gasteiger charge is -2.53. The van der Waals surface area contributed by atoms with E-state index < -0.39 is 5.60 Å². The number of carbonyl (C=O) groups excluding carboxylic acids is 1. The molecule has 0 aliphatic heterocycles. The number of fused-ring (bicyclic) bond motifs is 4. The van der Waals surface area contributed by atoms with Crippen molar-refractivity contribution in [2.24, 2.45) is 35.0 Å². The summed E-state index contributed by atoms with van der Waals surface area (Å²) in [7, 11) is 0. The van der Waals surface area contributed by atoms with Crippen LogP contribution >= 0.6 is 0 Å². The van der Waals surface area contributed by atoms with Gasteiger partial charge in [-0.05, 0) is 99.5 Å². The van der Waals surface area contributed by atoms with Crippen molar-refractivity contribution in [1.82, 2.24) is 15.0 Å². The van der Waals surface area contributed by atoms with E-state index in [1.165, 1.54) is 37.8 Å². The Bertz CT molecular complexity index is 1050. The molecule has 3 fully saturated rings. The predicted octanol–water partition coefficient (Wildman–Crippen LogP) is 5.94. The van der Waals surface area contributed by atoms with Crippen LogP contribution in [-0.4, -0.2) is 31.5 Å². The highest BCUT2D eigenvalue weighted by Crippen LogP contribution is 2.63. The number of rotatable bonds is 7. The Morgan fingerprint density at radius 1 is 1.24 bits per heavy atom. The second-order valence-corrected chi connectivity index (χ2v) is 12.0. The molecule has 1 N–H and O–H groups in total. The molecule has 0 spiro atoms.